The first kappa shape index (κ1) is 14.1. The largest absolute Gasteiger partial charge is 0.347 e. The molecule has 0 saturated carbocycles. The summed E-state index contributed by atoms with van der Waals surface area (Å²) in [5, 5.41) is 6.77. The Labute approximate surface area is 140 Å². The zero-order chi connectivity index (χ0) is 15.6. The molecule has 7 heteroatoms. The predicted molar refractivity (Wildman–Crippen MR) is 91.8 cm³/mol. The molecule has 0 fully saturated rings. The molecule has 4 heterocycles. The van der Waals surface area contributed by atoms with Crippen LogP contribution in [0.25, 0.3) is 15.5 Å². The van der Waals surface area contributed by atoms with Crippen molar-refractivity contribution in [2.75, 3.05) is 0 Å². The number of nitrogens with one attached hydrogen (secondary N) is 1. The number of hydrogen-bond donors (Lipinski definition) is 1. The van der Waals surface area contributed by atoms with Crippen molar-refractivity contribution in [3.63, 3.8) is 0 Å². The fraction of sp³-hybridized carbons (Fsp3) is 0.0625. The first-order chi connectivity index (χ1) is 11.3. The molecule has 5 nitrogen and oxygen atoms in total. The van der Waals surface area contributed by atoms with Gasteiger partial charge in [-0.05, 0) is 23.1 Å². The normalized spacial score (nSPS) is 11.0. The number of aromatic nitrogens is 3. The number of carbonyl (C=O) groups excluding carboxylic acids is 1. The SMILES string of the molecule is O=C(NCc1cccnc1)c1csc2nc(-c3cccs3)cn12. The van der Waals surface area contributed by atoms with Crippen molar-refractivity contribution >= 4 is 33.5 Å². The molecule has 0 bridgehead atoms. The predicted octanol–water partition coefficient (Wildman–Crippen LogP) is 3.45. The number of hydrogen-bond acceptors (Lipinski definition) is 5. The summed E-state index contributed by atoms with van der Waals surface area (Å²) in [6, 6.07) is 7.81. The van der Waals surface area contributed by atoms with Crippen molar-refractivity contribution in [1.29, 1.82) is 0 Å². The van der Waals surface area contributed by atoms with Crippen molar-refractivity contribution < 1.29 is 4.79 Å². The molecule has 23 heavy (non-hydrogen) atoms. The topological polar surface area (TPSA) is 59.3 Å². The fourth-order valence-electron chi connectivity index (χ4n) is 2.27. The third-order valence-electron chi connectivity index (χ3n) is 3.39. The van der Waals surface area contributed by atoms with Gasteiger partial charge in [0.2, 0.25) is 0 Å². The maximum Gasteiger partial charge on any atom is 0.269 e. The van der Waals surface area contributed by atoms with Gasteiger partial charge in [0, 0.05) is 30.5 Å². The van der Waals surface area contributed by atoms with Crippen LogP contribution in [-0.4, -0.2) is 20.3 Å². The van der Waals surface area contributed by atoms with Crippen LogP contribution in [0, 0.1) is 0 Å². The van der Waals surface area contributed by atoms with Gasteiger partial charge in [0.15, 0.2) is 4.96 Å². The Morgan fingerprint density at radius 3 is 3.00 bits per heavy atom. The highest BCUT2D eigenvalue weighted by atomic mass is 32.1. The molecule has 1 N–H and O–H groups in total. The van der Waals surface area contributed by atoms with Gasteiger partial charge >= 0.3 is 0 Å². The molecular formula is C16H12N4OS2. The smallest absolute Gasteiger partial charge is 0.269 e. The van der Waals surface area contributed by atoms with E-state index in [1.807, 2.05) is 45.6 Å². The van der Waals surface area contributed by atoms with Gasteiger partial charge in [-0.2, -0.15) is 0 Å². The van der Waals surface area contributed by atoms with Crippen LogP contribution in [0.2, 0.25) is 0 Å². The third-order valence-corrected chi connectivity index (χ3v) is 5.12. The Balaban J connectivity index is 1.57. The van der Waals surface area contributed by atoms with Gasteiger partial charge in [0.25, 0.3) is 5.91 Å². The quantitative estimate of drug-likeness (QED) is 0.619. The molecule has 1 amide bonds. The summed E-state index contributed by atoms with van der Waals surface area (Å²) < 4.78 is 1.85. The van der Waals surface area contributed by atoms with E-state index in [0.717, 1.165) is 21.1 Å². The van der Waals surface area contributed by atoms with Crippen molar-refractivity contribution in [3.05, 3.63) is 64.9 Å². The van der Waals surface area contributed by atoms with E-state index in [9.17, 15) is 4.79 Å². The van der Waals surface area contributed by atoms with Crippen molar-refractivity contribution in [3.8, 4) is 10.6 Å². The molecule has 0 aliphatic heterocycles. The zero-order valence-electron chi connectivity index (χ0n) is 12.0. The van der Waals surface area contributed by atoms with Crippen LogP contribution in [0.15, 0.2) is 53.6 Å². The number of amides is 1. The van der Waals surface area contributed by atoms with Gasteiger partial charge in [0.05, 0.1) is 4.88 Å². The number of nitrogens with zero attached hydrogens (tertiary/aromatic N) is 3. The van der Waals surface area contributed by atoms with Gasteiger partial charge in [-0.15, -0.1) is 22.7 Å². The van der Waals surface area contributed by atoms with Crippen LogP contribution in [0.5, 0.6) is 0 Å². The van der Waals surface area contributed by atoms with E-state index in [4.69, 9.17) is 0 Å². The molecule has 0 unspecified atom stereocenters. The highest BCUT2D eigenvalue weighted by Crippen LogP contribution is 2.26. The lowest BCUT2D eigenvalue weighted by atomic mass is 10.3. The lowest BCUT2D eigenvalue weighted by Gasteiger charge is -2.03. The first-order valence-corrected chi connectivity index (χ1v) is 8.75. The molecule has 114 valence electrons. The molecule has 4 aromatic rings. The highest BCUT2D eigenvalue weighted by molar-refractivity contribution is 7.15. The molecule has 0 aliphatic rings. The maximum atomic E-state index is 12.4. The van der Waals surface area contributed by atoms with E-state index in [1.54, 1.807) is 23.7 Å². The number of pyridine rings is 1. The highest BCUT2D eigenvalue weighted by Gasteiger charge is 2.15. The minimum atomic E-state index is -0.116. The summed E-state index contributed by atoms with van der Waals surface area (Å²) in [6.45, 7) is 0.455. The van der Waals surface area contributed by atoms with Crippen LogP contribution >= 0.6 is 22.7 Å². The van der Waals surface area contributed by atoms with Gasteiger partial charge in [-0.3, -0.25) is 14.2 Å². The molecular weight excluding hydrogens is 328 g/mol. The lowest BCUT2D eigenvalue weighted by molar-refractivity contribution is 0.0945. The third kappa shape index (κ3) is 2.76. The molecule has 0 aromatic carbocycles. The van der Waals surface area contributed by atoms with E-state index >= 15 is 0 Å². The number of rotatable bonds is 4. The summed E-state index contributed by atoms with van der Waals surface area (Å²) >= 11 is 3.10. The Hall–Kier alpha value is -2.51. The molecule has 0 spiro atoms. The molecule has 0 saturated heterocycles. The minimum absolute atomic E-state index is 0.116. The molecule has 0 radical (unpaired) electrons. The maximum absolute atomic E-state index is 12.4. The minimum Gasteiger partial charge on any atom is -0.347 e. The molecule has 4 aromatic heterocycles. The summed E-state index contributed by atoms with van der Waals surface area (Å²) in [5.41, 5.74) is 2.47. The second kappa shape index (κ2) is 5.94. The Kier molecular flexibility index (Phi) is 3.64. The van der Waals surface area contributed by atoms with Crippen molar-refractivity contribution in [1.82, 2.24) is 19.7 Å². The van der Waals surface area contributed by atoms with Crippen LogP contribution in [0.4, 0.5) is 0 Å². The lowest BCUT2D eigenvalue weighted by Crippen LogP contribution is -2.23. The van der Waals surface area contributed by atoms with Gasteiger partial charge in [-0.1, -0.05) is 12.1 Å². The van der Waals surface area contributed by atoms with Crippen LogP contribution in [-0.2, 0) is 6.54 Å². The summed E-state index contributed by atoms with van der Waals surface area (Å²) in [6.07, 6.45) is 5.37. The van der Waals surface area contributed by atoms with Crippen molar-refractivity contribution in [2.45, 2.75) is 6.54 Å². The standard InChI is InChI=1S/C16H12N4OS2/c21-15(18-8-11-3-1-5-17-7-11)13-10-23-16-19-12(9-20(13)16)14-4-2-6-22-14/h1-7,9-10H,8H2,(H,18,21). The van der Waals surface area contributed by atoms with E-state index < -0.39 is 0 Å². The Morgan fingerprint density at radius 1 is 1.26 bits per heavy atom. The van der Waals surface area contributed by atoms with Gasteiger partial charge in [-0.25, -0.2) is 4.98 Å². The van der Waals surface area contributed by atoms with Crippen LogP contribution in [0.3, 0.4) is 0 Å². The van der Waals surface area contributed by atoms with Crippen molar-refractivity contribution in [2.24, 2.45) is 0 Å². The second-order valence-electron chi connectivity index (χ2n) is 4.92. The average Bonchev–Trinajstić information content (AvgIpc) is 3.29. The molecule has 4 rings (SSSR count). The van der Waals surface area contributed by atoms with E-state index in [-0.39, 0.29) is 5.91 Å². The summed E-state index contributed by atoms with van der Waals surface area (Å²) in [7, 11) is 0. The number of fused-ring (bicyclic) bond motifs is 1. The number of imidazole rings is 1. The van der Waals surface area contributed by atoms with Crippen LogP contribution < -0.4 is 5.32 Å². The number of thiazole rings is 1. The van der Waals surface area contributed by atoms with E-state index in [1.165, 1.54) is 11.3 Å². The summed E-state index contributed by atoms with van der Waals surface area (Å²) in [5.74, 6) is -0.116. The molecule has 0 atom stereocenters. The van der Waals surface area contributed by atoms with Crippen LogP contribution in [0.1, 0.15) is 16.1 Å². The Bertz CT molecular complexity index is 941. The first-order valence-electron chi connectivity index (χ1n) is 6.99. The Morgan fingerprint density at radius 2 is 2.22 bits per heavy atom. The zero-order valence-corrected chi connectivity index (χ0v) is 13.6. The van der Waals surface area contributed by atoms with Gasteiger partial charge in [0.1, 0.15) is 11.4 Å². The van der Waals surface area contributed by atoms with E-state index in [2.05, 4.69) is 15.3 Å². The number of thiophene rings is 1. The van der Waals surface area contributed by atoms with E-state index in [0.29, 0.717) is 12.2 Å². The van der Waals surface area contributed by atoms with Gasteiger partial charge < -0.3 is 5.32 Å². The number of carbonyl (C=O) groups is 1. The monoisotopic (exact) mass is 340 g/mol. The second-order valence-corrected chi connectivity index (χ2v) is 6.71. The summed E-state index contributed by atoms with van der Waals surface area (Å²) in [4.78, 5) is 23.0. The average molecular weight is 340 g/mol. The fourth-order valence-corrected chi connectivity index (χ4v) is 3.80. The molecule has 0 aliphatic carbocycles.